The standard InChI is InChI=1S/C23H26N2O4/c1-4-29-20-11-10-16(13-21(20)28-3)12-18-15(2)19(14-24)23(27)25(22(18)26)17-8-6-5-7-9-17/h10-13,17H,4-9H2,1-3H3/b18-12+. The maximum Gasteiger partial charge on any atom is 0.271 e. The molecule has 1 fully saturated rings. The zero-order valence-corrected chi connectivity index (χ0v) is 17.2. The molecule has 2 amide bonds. The van der Waals surface area contributed by atoms with Crippen LogP contribution in [0.25, 0.3) is 6.08 Å². The van der Waals surface area contributed by atoms with E-state index in [0.29, 0.717) is 29.3 Å². The highest BCUT2D eigenvalue weighted by molar-refractivity contribution is 6.19. The molecule has 6 heteroatoms. The van der Waals surface area contributed by atoms with Crippen LogP contribution in [0.15, 0.2) is 34.9 Å². The molecule has 1 aromatic rings. The van der Waals surface area contributed by atoms with Gasteiger partial charge in [-0.15, -0.1) is 0 Å². The Hall–Kier alpha value is -3.07. The van der Waals surface area contributed by atoms with Crippen LogP contribution in [0.5, 0.6) is 11.5 Å². The summed E-state index contributed by atoms with van der Waals surface area (Å²) < 4.78 is 10.9. The Bertz CT molecular complexity index is 917. The maximum atomic E-state index is 13.3. The van der Waals surface area contributed by atoms with Gasteiger partial charge in [-0.2, -0.15) is 5.26 Å². The number of hydrogen-bond acceptors (Lipinski definition) is 5. The Morgan fingerprint density at radius 2 is 1.90 bits per heavy atom. The number of ether oxygens (including phenoxy) is 2. The highest BCUT2D eigenvalue weighted by Gasteiger charge is 2.39. The van der Waals surface area contributed by atoms with E-state index in [-0.39, 0.29) is 17.5 Å². The van der Waals surface area contributed by atoms with E-state index in [1.807, 2.05) is 19.1 Å². The fourth-order valence-corrected chi connectivity index (χ4v) is 3.99. The van der Waals surface area contributed by atoms with Crippen molar-refractivity contribution < 1.29 is 19.1 Å². The van der Waals surface area contributed by atoms with Crippen LogP contribution in [0.1, 0.15) is 51.5 Å². The molecule has 1 aromatic carbocycles. The van der Waals surface area contributed by atoms with Crippen LogP contribution < -0.4 is 9.47 Å². The zero-order chi connectivity index (χ0) is 21.0. The first-order valence-electron chi connectivity index (χ1n) is 10.0. The molecule has 152 valence electrons. The normalized spacial score (nSPS) is 19.5. The van der Waals surface area contributed by atoms with Crippen molar-refractivity contribution in [2.24, 2.45) is 0 Å². The van der Waals surface area contributed by atoms with Crippen molar-refractivity contribution in [3.63, 3.8) is 0 Å². The zero-order valence-electron chi connectivity index (χ0n) is 17.2. The van der Waals surface area contributed by atoms with E-state index >= 15 is 0 Å². The molecular weight excluding hydrogens is 368 g/mol. The van der Waals surface area contributed by atoms with Gasteiger partial charge in [-0.05, 0) is 56.0 Å². The van der Waals surface area contributed by atoms with Crippen LogP contribution in [0, 0.1) is 11.3 Å². The molecule has 29 heavy (non-hydrogen) atoms. The predicted octanol–water partition coefficient (Wildman–Crippen LogP) is 4.02. The smallest absolute Gasteiger partial charge is 0.271 e. The molecule has 0 bridgehead atoms. The highest BCUT2D eigenvalue weighted by Crippen LogP contribution is 2.34. The molecule has 0 aromatic heterocycles. The lowest BCUT2D eigenvalue weighted by atomic mass is 9.88. The minimum atomic E-state index is -0.469. The Morgan fingerprint density at radius 1 is 1.17 bits per heavy atom. The van der Waals surface area contributed by atoms with Crippen LogP contribution in [0.2, 0.25) is 0 Å². The summed E-state index contributed by atoms with van der Waals surface area (Å²) in [6.07, 6.45) is 6.39. The Labute approximate surface area is 171 Å². The second-order valence-corrected chi connectivity index (χ2v) is 7.29. The average molecular weight is 394 g/mol. The van der Waals surface area contributed by atoms with Crippen molar-refractivity contribution >= 4 is 17.9 Å². The van der Waals surface area contributed by atoms with Crippen molar-refractivity contribution in [1.82, 2.24) is 4.90 Å². The number of nitriles is 1. The van der Waals surface area contributed by atoms with Gasteiger partial charge in [-0.3, -0.25) is 14.5 Å². The number of nitrogens with zero attached hydrogens (tertiary/aromatic N) is 2. The fourth-order valence-electron chi connectivity index (χ4n) is 3.99. The maximum absolute atomic E-state index is 13.3. The van der Waals surface area contributed by atoms with Gasteiger partial charge in [0.05, 0.1) is 13.7 Å². The summed E-state index contributed by atoms with van der Waals surface area (Å²) in [5.74, 6) is 0.387. The van der Waals surface area contributed by atoms with Gasteiger partial charge in [-0.1, -0.05) is 25.3 Å². The van der Waals surface area contributed by atoms with Crippen molar-refractivity contribution in [2.45, 2.75) is 52.0 Å². The summed E-state index contributed by atoms with van der Waals surface area (Å²) in [5, 5.41) is 9.57. The lowest BCUT2D eigenvalue weighted by molar-refractivity contribution is -0.143. The molecule has 0 atom stereocenters. The molecule has 1 aliphatic carbocycles. The minimum Gasteiger partial charge on any atom is -0.493 e. The largest absolute Gasteiger partial charge is 0.493 e. The molecule has 0 saturated heterocycles. The third kappa shape index (κ3) is 4.04. The van der Waals surface area contributed by atoms with E-state index in [4.69, 9.17) is 9.47 Å². The molecule has 1 heterocycles. The highest BCUT2D eigenvalue weighted by atomic mass is 16.5. The van der Waals surface area contributed by atoms with E-state index in [9.17, 15) is 14.9 Å². The molecule has 3 rings (SSSR count). The van der Waals surface area contributed by atoms with Gasteiger partial charge >= 0.3 is 0 Å². The van der Waals surface area contributed by atoms with E-state index in [1.54, 1.807) is 32.2 Å². The molecule has 2 aliphatic rings. The third-order valence-corrected chi connectivity index (χ3v) is 5.51. The minimum absolute atomic E-state index is 0.0410. The first-order chi connectivity index (χ1) is 14.0. The molecule has 0 N–H and O–H groups in total. The number of imide groups is 1. The lowest BCUT2D eigenvalue weighted by Gasteiger charge is -2.36. The van der Waals surface area contributed by atoms with Gasteiger partial charge in [0.2, 0.25) is 0 Å². The second kappa shape index (κ2) is 8.95. The molecule has 1 saturated carbocycles. The predicted molar refractivity (Wildman–Crippen MR) is 109 cm³/mol. The number of carbonyl (C=O) groups is 2. The van der Waals surface area contributed by atoms with E-state index in [0.717, 1.165) is 37.7 Å². The number of carbonyl (C=O) groups excluding carboxylic acids is 2. The number of methoxy groups -OCH3 is 1. The van der Waals surface area contributed by atoms with Gasteiger partial charge in [0.1, 0.15) is 11.6 Å². The Morgan fingerprint density at radius 3 is 2.52 bits per heavy atom. The van der Waals surface area contributed by atoms with Crippen LogP contribution in [-0.2, 0) is 9.59 Å². The Kier molecular flexibility index (Phi) is 6.38. The number of hydrogen-bond donors (Lipinski definition) is 0. The van der Waals surface area contributed by atoms with E-state index in [1.165, 1.54) is 4.90 Å². The quantitative estimate of drug-likeness (QED) is 0.557. The summed E-state index contributed by atoms with van der Waals surface area (Å²) in [5.41, 5.74) is 1.57. The van der Waals surface area contributed by atoms with Crippen molar-refractivity contribution in [3.05, 3.63) is 40.5 Å². The molecular formula is C23H26N2O4. The molecule has 6 nitrogen and oxygen atoms in total. The average Bonchev–Trinajstić information content (AvgIpc) is 2.73. The summed E-state index contributed by atoms with van der Waals surface area (Å²) in [6, 6.07) is 7.27. The van der Waals surface area contributed by atoms with Gasteiger partial charge in [0.15, 0.2) is 11.5 Å². The van der Waals surface area contributed by atoms with E-state index < -0.39 is 5.91 Å². The first-order valence-corrected chi connectivity index (χ1v) is 10.0. The topological polar surface area (TPSA) is 79.6 Å². The van der Waals surface area contributed by atoms with E-state index in [2.05, 4.69) is 0 Å². The fraction of sp³-hybridized carbons (Fsp3) is 0.435. The molecule has 0 radical (unpaired) electrons. The number of rotatable bonds is 5. The van der Waals surface area contributed by atoms with Gasteiger partial charge in [0.25, 0.3) is 11.8 Å². The molecule has 0 unspecified atom stereocenters. The third-order valence-electron chi connectivity index (χ3n) is 5.51. The van der Waals surface area contributed by atoms with Crippen LogP contribution in [0.3, 0.4) is 0 Å². The van der Waals surface area contributed by atoms with Crippen molar-refractivity contribution in [3.8, 4) is 17.6 Å². The van der Waals surface area contributed by atoms with Crippen LogP contribution >= 0.6 is 0 Å². The van der Waals surface area contributed by atoms with Gasteiger partial charge in [-0.25, -0.2) is 0 Å². The van der Waals surface area contributed by atoms with Crippen LogP contribution in [0.4, 0.5) is 0 Å². The summed E-state index contributed by atoms with van der Waals surface area (Å²) in [4.78, 5) is 27.4. The van der Waals surface area contributed by atoms with Crippen molar-refractivity contribution in [1.29, 1.82) is 5.26 Å². The van der Waals surface area contributed by atoms with Crippen LogP contribution in [-0.4, -0.2) is 36.5 Å². The van der Waals surface area contributed by atoms with Crippen molar-refractivity contribution in [2.75, 3.05) is 13.7 Å². The Balaban J connectivity index is 2.04. The number of amides is 2. The monoisotopic (exact) mass is 394 g/mol. The molecule has 1 aliphatic heterocycles. The van der Waals surface area contributed by atoms with Gasteiger partial charge in [0, 0.05) is 11.6 Å². The number of benzene rings is 1. The lowest BCUT2D eigenvalue weighted by Crippen LogP contribution is -2.49. The molecule has 0 spiro atoms. The summed E-state index contributed by atoms with van der Waals surface area (Å²) in [6.45, 7) is 4.07. The second-order valence-electron chi connectivity index (χ2n) is 7.29. The van der Waals surface area contributed by atoms with Gasteiger partial charge < -0.3 is 9.47 Å². The summed E-state index contributed by atoms with van der Waals surface area (Å²) >= 11 is 0. The SMILES string of the molecule is CCOc1ccc(/C=C2/C(=O)N(C3CCCCC3)C(=O)C(C#N)=C2C)cc1OC. The first kappa shape index (κ1) is 20.7. The summed E-state index contributed by atoms with van der Waals surface area (Å²) in [7, 11) is 1.56.